The number of hydrogen-bond acceptors (Lipinski definition) is 3. The third-order valence-corrected chi connectivity index (χ3v) is 5.12. The van der Waals surface area contributed by atoms with Gasteiger partial charge in [-0.1, -0.05) is 37.6 Å². The lowest BCUT2D eigenvalue weighted by Gasteiger charge is -2.31. The predicted octanol–water partition coefficient (Wildman–Crippen LogP) is 2.52. The van der Waals surface area contributed by atoms with E-state index in [0.29, 0.717) is 11.6 Å². The van der Waals surface area contributed by atoms with Crippen molar-refractivity contribution in [1.82, 2.24) is 4.90 Å². The van der Waals surface area contributed by atoms with Crippen LogP contribution in [0, 0.1) is 0 Å². The number of benzene rings is 1. The smallest absolute Gasteiger partial charge is 0.307 e. The van der Waals surface area contributed by atoms with Gasteiger partial charge in [-0.3, -0.25) is 4.79 Å². The van der Waals surface area contributed by atoms with Crippen LogP contribution in [0.1, 0.15) is 25.8 Å². The lowest BCUT2D eigenvalue weighted by atomic mass is 9.84. The molecule has 1 atom stereocenters. The zero-order chi connectivity index (χ0) is 15.8. The van der Waals surface area contributed by atoms with E-state index < -0.39 is 20.9 Å². The number of likely N-dealkylation sites (tertiary alicyclic amines) is 1. The summed E-state index contributed by atoms with van der Waals surface area (Å²) in [7, 11) is -4.68. The minimum atomic E-state index is -4.68. The molecular formula is C14H17ClFNO3S. The summed E-state index contributed by atoms with van der Waals surface area (Å²) in [6.45, 7) is 4.09. The number of hydrogen-bond donors (Lipinski definition) is 0. The van der Waals surface area contributed by atoms with Crippen LogP contribution < -0.4 is 0 Å². The minimum Gasteiger partial charge on any atom is -0.340 e. The summed E-state index contributed by atoms with van der Waals surface area (Å²) in [5.74, 6) is -0.337. The second-order valence-electron chi connectivity index (χ2n) is 5.97. The Labute approximate surface area is 129 Å². The lowest BCUT2D eigenvalue weighted by molar-refractivity contribution is -0.128. The van der Waals surface area contributed by atoms with Gasteiger partial charge in [-0.25, -0.2) is 0 Å². The molecule has 0 N–H and O–H groups in total. The molecule has 1 aliphatic rings. The Bertz CT molecular complexity index is 660. The third kappa shape index (κ3) is 3.74. The molecule has 0 aromatic heterocycles. The van der Waals surface area contributed by atoms with Crippen LogP contribution in [0.3, 0.4) is 0 Å². The molecule has 1 aromatic rings. The van der Waals surface area contributed by atoms with Gasteiger partial charge in [0.2, 0.25) is 5.91 Å². The summed E-state index contributed by atoms with van der Waals surface area (Å²) in [5.41, 5.74) is 0.532. The summed E-state index contributed by atoms with van der Waals surface area (Å²) in [4.78, 5) is 13.3. The first-order valence-corrected chi connectivity index (χ1v) is 8.39. The number of rotatable bonds is 4. The Morgan fingerprint density at radius 3 is 2.62 bits per heavy atom. The van der Waals surface area contributed by atoms with Gasteiger partial charge < -0.3 is 4.90 Å². The van der Waals surface area contributed by atoms with E-state index in [9.17, 15) is 17.1 Å². The molecule has 2 rings (SSSR count). The van der Waals surface area contributed by atoms with Crippen molar-refractivity contribution < 1.29 is 17.1 Å². The van der Waals surface area contributed by atoms with E-state index in [1.54, 1.807) is 6.07 Å². The van der Waals surface area contributed by atoms with Crippen LogP contribution in [0.2, 0.25) is 5.02 Å². The van der Waals surface area contributed by atoms with Gasteiger partial charge in [0.05, 0.1) is 0 Å². The molecule has 0 radical (unpaired) electrons. The van der Waals surface area contributed by atoms with Crippen molar-refractivity contribution in [3.8, 4) is 0 Å². The average molecular weight is 334 g/mol. The van der Waals surface area contributed by atoms with E-state index in [0.717, 1.165) is 5.56 Å². The Kier molecular flexibility index (Phi) is 4.31. The van der Waals surface area contributed by atoms with Crippen LogP contribution in [0.15, 0.2) is 24.3 Å². The van der Waals surface area contributed by atoms with Crippen LogP contribution in [0.4, 0.5) is 3.89 Å². The Morgan fingerprint density at radius 2 is 2.10 bits per heavy atom. The van der Waals surface area contributed by atoms with E-state index in [-0.39, 0.29) is 18.9 Å². The molecule has 4 nitrogen and oxygen atoms in total. The summed E-state index contributed by atoms with van der Waals surface area (Å²) >= 11 is 5.97. The molecule has 1 heterocycles. The molecule has 116 valence electrons. The Hall–Kier alpha value is -1.14. The molecule has 21 heavy (non-hydrogen) atoms. The van der Waals surface area contributed by atoms with E-state index in [1.807, 2.05) is 32.0 Å². The number of carbonyl (C=O) groups excluding carboxylic acids is 1. The molecule has 1 aromatic carbocycles. The predicted molar refractivity (Wildman–Crippen MR) is 79.5 cm³/mol. The molecule has 0 spiro atoms. The van der Waals surface area contributed by atoms with Crippen LogP contribution >= 0.6 is 11.6 Å². The van der Waals surface area contributed by atoms with Gasteiger partial charge >= 0.3 is 10.2 Å². The highest BCUT2D eigenvalue weighted by molar-refractivity contribution is 7.87. The van der Waals surface area contributed by atoms with E-state index in [2.05, 4.69) is 0 Å². The molecule has 1 fully saturated rings. The largest absolute Gasteiger partial charge is 0.340 e. The maximum atomic E-state index is 13.0. The molecule has 0 aliphatic carbocycles. The molecule has 7 heteroatoms. The van der Waals surface area contributed by atoms with E-state index >= 15 is 0 Å². The SMILES string of the molecule is CC(C)(CN1CC(S(=O)(=O)F)CC1=O)c1cccc(Cl)c1. The number of carbonyl (C=O) groups is 1. The lowest BCUT2D eigenvalue weighted by Crippen LogP contribution is -2.38. The van der Waals surface area contributed by atoms with E-state index in [4.69, 9.17) is 11.6 Å². The van der Waals surface area contributed by atoms with Crippen LogP contribution in [0.25, 0.3) is 0 Å². The van der Waals surface area contributed by atoms with E-state index in [1.165, 1.54) is 4.90 Å². The number of amides is 1. The van der Waals surface area contributed by atoms with Crippen molar-refractivity contribution in [3.63, 3.8) is 0 Å². The average Bonchev–Trinajstić information content (AvgIpc) is 2.70. The second kappa shape index (κ2) is 5.57. The quantitative estimate of drug-likeness (QED) is 0.796. The maximum absolute atomic E-state index is 13.0. The summed E-state index contributed by atoms with van der Waals surface area (Å²) in [6, 6.07) is 7.29. The summed E-state index contributed by atoms with van der Waals surface area (Å²) in [5, 5.41) is -0.655. The standard InChI is InChI=1S/C14H17ClFNO3S/c1-14(2,10-4-3-5-11(15)6-10)9-17-8-12(7-13(17)18)21(16,19)20/h3-6,12H,7-9H2,1-2H3. The van der Waals surface area contributed by atoms with Gasteiger partial charge in [-0.15, -0.1) is 3.89 Å². The highest BCUT2D eigenvalue weighted by Gasteiger charge is 2.40. The first kappa shape index (κ1) is 16.2. The van der Waals surface area contributed by atoms with Gasteiger partial charge in [0.1, 0.15) is 5.25 Å². The van der Waals surface area contributed by atoms with Crippen molar-refractivity contribution in [3.05, 3.63) is 34.9 Å². The fourth-order valence-corrected chi connectivity index (χ4v) is 3.45. The topological polar surface area (TPSA) is 54.5 Å². The first-order valence-electron chi connectivity index (χ1n) is 6.57. The van der Waals surface area contributed by atoms with Gasteiger partial charge in [0.15, 0.2) is 0 Å². The van der Waals surface area contributed by atoms with Gasteiger partial charge in [0, 0.05) is 29.9 Å². The van der Waals surface area contributed by atoms with Gasteiger partial charge in [-0.2, -0.15) is 8.42 Å². The van der Waals surface area contributed by atoms with Gasteiger partial charge in [-0.05, 0) is 17.7 Å². The minimum absolute atomic E-state index is 0.0956. The highest BCUT2D eigenvalue weighted by Crippen LogP contribution is 2.29. The summed E-state index contributed by atoms with van der Waals surface area (Å²) < 4.78 is 34.9. The second-order valence-corrected chi connectivity index (χ2v) is 8.02. The van der Waals surface area contributed by atoms with Crippen LogP contribution in [-0.4, -0.2) is 37.6 Å². The molecular weight excluding hydrogens is 317 g/mol. The Morgan fingerprint density at radius 1 is 1.43 bits per heavy atom. The monoisotopic (exact) mass is 333 g/mol. The zero-order valence-electron chi connectivity index (χ0n) is 11.8. The fourth-order valence-electron chi connectivity index (χ4n) is 2.56. The molecule has 1 amide bonds. The Balaban J connectivity index is 2.16. The van der Waals surface area contributed by atoms with Crippen LogP contribution in [0.5, 0.6) is 0 Å². The van der Waals surface area contributed by atoms with Crippen molar-refractivity contribution in [1.29, 1.82) is 0 Å². The third-order valence-electron chi connectivity index (χ3n) is 3.77. The molecule has 1 unspecified atom stereocenters. The van der Waals surface area contributed by atoms with Gasteiger partial charge in [0.25, 0.3) is 0 Å². The van der Waals surface area contributed by atoms with Crippen LogP contribution in [-0.2, 0) is 20.4 Å². The molecule has 0 saturated carbocycles. The highest BCUT2D eigenvalue weighted by atomic mass is 35.5. The van der Waals surface area contributed by atoms with Crippen molar-refractivity contribution in [2.45, 2.75) is 30.9 Å². The summed E-state index contributed by atoms with van der Waals surface area (Å²) in [6.07, 6.45) is -0.287. The first-order chi connectivity index (χ1) is 9.59. The molecule has 0 bridgehead atoms. The molecule has 1 saturated heterocycles. The zero-order valence-corrected chi connectivity index (χ0v) is 13.4. The van der Waals surface area contributed by atoms with Crippen molar-refractivity contribution in [2.24, 2.45) is 0 Å². The van der Waals surface area contributed by atoms with Crippen molar-refractivity contribution in [2.75, 3.05) is 13.1 Å². The van der Waals surface area contributed by atoms with Crippen molar-refractivity contribution >= 4 is 27.7 Å². The number of halogens is 2. The maximum Gasteiger partial charge on any atom is 0.307 e. The normalized spacial score (nSPS) is 20.1. The number of nitrogens with zero attached hydrogens (tertiary/aromatic N) is 1. The fraction of sp³-hybridized carbons (Fsp3) is 0.500. The molecule has 1 aliphatic heterocycles.